The molecule has 0 bridgehead atoms. The molecule has 0 fully saturated rings. The van der Waals surface area contributed by atoms with Crippen LogP contribution >= 0.6 is 0 Å². The Hall–Kier alpha value is -3.61. The van der Waals surface area contributed by atoms with E-state index in [1.54, 1.807) is 19.3 Å². The van der Waals surface area contributed by atoms with Crippen LogP contribution in [0, 0.1) is 6.92 Å². The van der Waals surface area contributed by atoms with Gasteiger partial charge in [0.15, 0.2) is 0 Å². The van der Waals surface area contributed by atoms with E-state index in [4.69, 9.17) is 9.40 Å². The maximum atomic E-state index is 12.3. The van der Waals surface area contributed by atoms with Gasteiger partial charge in [-0.25, -0.2) is 4.98 Å². The molecule has 3 aromatic heterocycles. The largest absolute Gasteiger partial charge is 0.408 e. The van der Waals surface area contributed by atoms with E-state index in [1.807, 2.05) is 42.5 Å². The normalized spacial score (nSPS) is 10.8. The molecular formula is C19H15N5O2. The van der Waals surface area contributed by atoms with Crippen molar-refractivity contribution < 1.29 is 9.21 Å². The number of benzene rings is 1. The predicted octanol–water partition coefficient (Wildman–Crippen LogP) is 3.17. The summed E-state index contributed by atoms with van der Waals surface area (Å²) in [7, 11) is 0. The first-order valence-corrected chi connectivity index (χ1v) is 8.08. The molecule has 128 valence electrons. The maximum Gasteiger partial charge on any atom is 0.322 e. The summed E-state index contributed by atoms with van der Waals surface area (Å²) in [6.45, 7) is 1.66. The molecule has 0 spiro atoms. The van der Waals surface area contributed by atoms with Gasteiger partial charge in [0.2, 0.25) is 11.8 Å². The molecule has 0 saturated heterocycles. The number of pyridine rings is 2. The Morgan fingerprint density at radius 3 is 2.81 bits per heavy atom. The van der Waals surface area contributed by atoms with Gasteiger partial charge in [-0.15, -0.1) is 5.10 Å². The number of hydrogen-bond donors (Lipinski definition) is 1. The Balaban J connectivity index is 1.65. The zero-order valence-electron chi connectivity index (χ0n) is 14.0. The number of aromatic nitrogens is 4. The second kappa shape index (κ2) is 6.72. The molecule has 0 atom stereocenters. The molecule has 7 nitrogen and oxygen atoms in total. The van der Waals surface area contributed by atoms with E-state index in [0.717, 1.165) is 27.7 Å². The number of amides is 1. The predicted molar refractivity (Wildman–Crippen MR) is 96.3 cm³/mol. The van der Waals surface area contributed by atoms with Crippen molar-refractivity contribution in [2.75, 3.05) is 5.32 Å². The summed E-state index contributed by atoms with van der Waals surface area (Å²) in [4.78, 5) is 21.2. The van der Waals surface area contributed by atoms with Crippen molar-refractivity contribution >= 4 is 22.8 Å². The van der Waals surface area contributed by atoms with E-state index in [9.17, 15) is 4.79 Å². The number of carbonyl (C=O) groups excluding carboxylic acids is 1. The second-order valence-corrected chi connectivity index (χ2v) is 5.78. The van der Waals surface area contributed by atoms with Crippen molar-refractivity contribution in [2.45, 2.75) is 13.3 Å². The summed E-state index contributed by atoms with van der Waals surface area (Å²) in [6.07, 6.45) is 3.64. The number of nitrogens with one attached hydrogen (secondary N) is 1. The maximum absolute atomic E-state index is 12.3. The van der Waals surface area contributed by atoms with E-state index >= 15 is 0 Å². The molecule has 1 amide bonds. The first kappa shape index (κ1) is 15.9. The Kier molecular flexibility index (Phi) is 4.10. The number of rotatable bonds is 4. The van der Waals surface area contributed by atoms with Gasteiger partial charge in [-0.2, -0.15) is 0 Å². The monoisotopic (exact) mass is 345 g/mol. The summed E-state index contributed by atoms with van der Waals surface area (Å²) in [5.74, 6) is 0.156. The van der Waals surface area contributed by atoms with Crippen LogP contribution in [0.4, 0.5) is 6.01 Å². The topological polar surface area (TPSA) is 93.8 Å². The average molecular weight is 345 g/mol. The third-order valence-electron chi connectivity index (χ3n) is 3.88. The van der Waals surface area contributed by atoms with Crippen molar-refractivity contribution in [1.82, 2.24) is 20.2 Å². The highest BCUT2D eigenvalue weighted by molar-refractivity contribution is 5.94. The van der Waals surface area contributed by atoms with E-state index in [0.29, 0.717) is 5.89 Å². The second-order valence-electron chi connectivity index (χ2n) is 5.78. The molecule has 0 unspecified atom stereocenters. The summed E-state index contributed by atoms with van der Waals surface area (Å²) >= 11 is 0. The third-order valence-corrected chi connectivity index (χ3v) is 3.88. The van der Waals surface area contributed by atoms with Crippen LogP contribution < -0.4 is 5.32 Å². The summed E-state index contributed by atoms with van der Waals surface area (Å²) in [5, 5.41) is 11.0. The molecule has 7 heteroatoms. The standard InChI is InChI=1S/C19H15N5O2/c1-12-23-24-19(26-12)22-17(25)10-14-5-2-4-13-7-8-16(21-18(13)14)15-6-3-9-20-11-15/h2-9,11H,10H2,1H3,(H,22,24,25). The number of para-hydroxylation sites is 1. The highest BCUT2D eigenvalue weighted by Gasteiger charge is 2.12. The minimum Gasteiger partial charge on any atom is -0.408 e. The zero-order valence-corrected chi connectivity index (χ0v) is 14.0. The lowest BCUT2D eigenvalue weighted by Gasteiger charge is -2.08. The van der Waals surface area contributed by atoms with Crippen LogP contribution in [-0.2, 0) is 11.2 Å². The van der Waals surface area contributed by atoms with Gasteiger partial charge in [-0.3, -0.25) is 15.1 Å². The molecule has 1 N–H and O–H groups in total. The van der Waals surface area contributed by atoms with Gasteiger partial charge < -0.3 is 4.42 Å². The third kappa shape index (κ3) is 3.27. The number of carbonyl (C=O) groups is 1. The number of hydrogen-bond acceptors (Lipinski definition) is 6. The fourth-order valence-electron chi connectivity index (χ4n) is 2.71. The zero-order chi connectivity index (χ0) is 17.9. The first-order chi connectivity index (χ1) is 12.7. The molecule has 26 heavy (non-hydrogen) atoms. The highest BCUT2D eigenvalue weighted by atomic mass is 16.4. The van der Waals surface area contributed by atoms with E-state index in [2.05, 4.69) is 20.5 Å². The first-order valence-electron chi connectivity index (χ1n) is 8.08. The highest BCUT2D eigenvalue weighted by Crippen LogP contribution is 2.23. The van der Waals surface area contributed by atoms with Crippen LogP contribution in [0.2, 0.25) is 0 Å². The molecule has 0 radical (unpaired) electrons. The smallest absolute Gasteiger partial charge is 0.322 e. The number of nitrogens with zero attached hydrogens (tertiary/aromatic N) is 4. The molecule has 4 rings (SSSR count). The van der Waals surface area contributed by atoms with Gasteiger partial charge in [0.1, 0.15) is 0 Å². The van der Waals surface area contributed by atoms with Crippen molar-refractivity contribution in [3.63, 3.8) is 0 Å². The lowest BCUT2D eigenvalue weighted by atomic mass is 10.0. The number of fused-ring (bicyclic) bond motifs is 1. The fourth-order valence-corrected chi connectivity index (χ4v) is 2.71. The van der Waals surface area contributed by atoms with Gasteiger partial charge in [0, 0.05) is 30.3 Å². The van der Waals surface area contributed by atoms with Gasteiger partial charge in [0.25, 0.3) is 0 Å². The lowest BCUT2D eigenvalue weighted by Crippen LogP contribution is -2.15. The van der Waals surface area contributed by atoms with Crippen molar-refractivity contribution in [3.05, 3.63) is 66.3 Å². The van der Waals surface area contributed by atoms with Crippen LogP contribution in [-0.4, -0.2) is 26.1 Å². The molecule has 0 aliphatic heterocycles. The van der Waals surface area contributed by atoms with Crippen LogP contribution in [0.25, 0.3) is 22.2 Å². The number of anilines is 1. The molecule has 4 aromatic rings. The Bertz CT molecular complexity index is 1080. The Labute approximate surface area is 149 Å². The van der Waals surface area contributed by atoms with Crippen LogP contribution in [0.5, 0.6) is 0 Å². The molecular weight excluding hydrogens is 330 g/mol. The molecule has 0 aliphatic carbocycles. The SMILES string of the molecule is Cc1nnc(NC(=O)Cc2cccc3ccc(-c4cccnc4)nc23)o1. The molecule has 0 saturated carbocycles. The molecule has 0 aliphatic rings. The van der Waals surface area contributed by atoms with Crippen molar-refractivity contribution in [1.29, 1.82) is 0 Å². The van der Waals surface area contributed by atoms with Gasteiger partial charge in [-0.1, -0.05) is 29.4 Å². The fraction of sp³-hybridized carbons (Fsp3) is 0.105. The Morgan fingerprint density at radius 1 is 1.12 bits per heavy atom. The summed E-state index contributed by atoms with van der Waals surface area (Å²) in [5.41, 5.74) is 3.34. The minimum absolute atomic E-state index is 0.0942. The molecule has 1 aromatic carbocycles. The summed E-state index contributed by atoms with van der Waals surface area (Å²) < 4.78 is 5.18. The van der Waals surface area contributed by atoms with Gasteiger partial charge >= 0.3 is 6.01 Å². The van der Waals surface area contributed by atoms with E-state index < -0.39 is 0 Å². The Morgan fingerprint density at radius 2 is 2.04 bits per heavy atom. The quantitative estimate of drug-likeness (QED) is 0.610. The minimum atomic E-state index is -0.241. The van der Waals surface area contributed by atoms with Crippen LogP contribution in [0.1, 0.15) is 11.5 Å². The number of aryl methyl sites for hydroxylation is 1. The van der Waals surface area contributed by atoms with Crippen molar-refractivity contribution in [3.8, 4) is 11.3 Å². The van der Waals surface area contributed by atoms with Gasteiger partial charge in [0.05, 0.1) is 17.6 Å². The average Bonchev–Trinajstić information content (AvgIpc) is 3.07. The summed E-state index contributed by atoms with van der Waals surface area (Å²) in [6, 6.07) is 13.6. The van der Waals surface area contributed by atoms with E-state index in [1.165, 1.54) is 0 Å². The van der Waals surface area contributed by atoms with Crippen LogP contribution in [0.3, 0.4) is 0 Å². The van der Waals surface area contributed by atoms with E-state index in [-0.39, 0.29) is 18.3 Å². The van der Waals surface area contributed by atoms with Gasteiger partial charge in [-0.05, 0) is 23.8 Å². The molecule has 3 heterocycles. The van der Waals surface area contributed by atoms with Crippen LogP contribution in [0.15, 0.2) is 59.3 Å². The lowest BCUT2D eigenvalue weighted by molar-refractivity contribution is -0.115. The van der Waals surface area contributed by atoms with Crippen molar-refractivity contribution in [2.24, 2.45) is 0 Å².